The fourth-order valence-corrected chi connectivity index (χ4v) is 2.40. The highest BCUT2D eigenvalue weighted by molar-refractivity contribution is 6.30. The average molecular weight is 400 g/mol. The SMILES string of the molecule is O=C(NN=Cc1ccc(COc2ccc([N+](=O)[O-])cc2)o1)c1cccc(Cl)c1. The summed E-state index contributed by atoms with van der Waals surface area (Å²) in [5.74, 6) is 1.03. The van der Waals surface area contributed by atoms with E-state index >= 15 is 0 Å². The molecule has 0 aliphatic rings. The van der Waals surface area contributed by atoms with Crippen molar-refractivity contribution < 1.29 is 18.9 Å². The molecule has 3 aromatic rings. The van der Waals surface area contributed by atoms with E-state index in [-0.39, 0.29) is 12.3 Å². The number of carbonyl (C=O) groups excluding carboxylic acids is 1. The quantitative estimate of drug-likeness (QED) is 0.364. The van der Waals surface area contributed by atoms with Crippen LogP contribution in [0, 0.1) is 10.1 Å². The molecule has 2 aromatic carbocycles. The zero-order valence-corrected chi connectivity index (χ0v) is 15.1. The number of nitrogens with zero attached hydrogens (tertiary/aromatic N) is 2. The van der Waals surface area contributed by atoms with Crippen LogP contribution in [0.1, 0.15) is 21.9 Å². The molecule has 0 spiro atoms. The van der Waals surface area contributed by atoms with Crippen molar-refractivity contribution in [3.05, 3.63) is 92.9 Å². The first-order valence-electron chi connectivity index (χ1n) is 8.06. The van der Waals surface area contributed by atoms with Gasteiger partial charge in [-0.15, -0.1) is 0 Å². The number of rotatable bonds is 7. The van der Waals surface area contributed by atoms with Crippen molar-refractivity contribution in [2.75, 3.05) is 0 Å². The molecular formula is C19H14ClN3O5. The fraction of sp³-hybridized carbons (Fsp3) is 0.0526. The molecule has 3 rings (SSSR count). The molecule has 0 fully saturated rings. The third-order valence-electron chi connectivity index (χ3n) is 3.56. The number of hydrazone groups is 1. The van der Waals surface area contributed by atoms with Crippen molar-refractivity contribution in [3.63, 3.8) is 0 Å². The molecule has 0 saturated carbocycles. The third kappa shape index (κ3) is 5.18. The van der Waals surface area contributed by atoms with E-state index in [9.17, 15) is 14.9 Å². The highest BCUT2D eigenvalue weighted by Crippen LogP contribution is 2.19. The molecule has 0 aliphatic heterocycles. The Kier molecular flexibility index (Phi) is 6.03. The zero-order valence-electron chi connectivity index (χ0n) is 14.4. The number of hydrogen-bond donors (Lipinski definition) is 1. The van der Waals surface area contributed by atoms with Gasteiger partial charge < -0.3 is 9.15 Å². The standard InChI is InChI=1S/C19H14ClN3O5/c20-14-3-1-2-13(10-14)19(24)22-21-11-17-8-9-18(28-17)12-27-16-6-4-15(5-7-16)23(25)26/h1-11H,12H2,(H,22,24). The summed E-state index contributed by atoms with van der Waals surface area (Å²) in [5.41, 5.74) is 2.76. The van der Waals surface area contributed by atoms with Gasteiger partial charge in [0.1, 0.15) is 23.9 Å². The molecule has 0 aliphatic carbocycles. The summed E-state index contributed by atoms with van der Waals surface area (Å²) in [4.78, 5) is 22.1. The molecule has 0 bridgehead atoms. The van der Waals surface area contributed by atoms with Crippen LogP contribution in [0.25, 0.3) is 0 Å². The Hall–Kier alpha value is -3.65. The monoisotopic (exact) mass is 399 g/mol. The summed E-state index contributed by atoms with van der Waals surface area (Å²) in [7, 11) is 0. The van der Waals surface area contributed by atoms with Gasteiger partial charge >= 0.3 is 0 Å². The highest BCUT2D eigenvalue weighted by atomic mass is 35.5. The number of benzene rings is 2. The Balaban J connectivity index is 1.51. The summed E-state index contributed by atoms with van der Waals surface area (Å²) < 4.78 is 11.0. The number of furan rings is 1. The highest BCUT2D eigenvalue weighted by Gasteiger charge is 2.07. The molecule has 28 heavy (non-hydrogen) atoms. The van der Waals surface area contributed by atoms with Crippen LogP contribution in [0.4, 0.5) is 5.69 Å². The molecule has 9 heteroatoms. The van der Waals surface area contributed by atoms with Gasteiger partial charge in [-0.05, 0) is 42.5 Å². The minimum absolute atomic E-state index is 0.0105. The number of carbonyl (C=O) groups is 1. The minimum atomic E-state index is -0.479. The average Bonchev–Trinajstić information content (AvgIpc) is 3.14. The maximum atomic E-state index is 11.9. The second-order valence-electron chi connectivity index (χ2n) is 5.55. The predicted octanol–water partition coefficient (Wildman–Crippen LogP) is 4.18. The first-order chi connectivity index (χ1) is 13.5. The summed E-state index contributed by atoms with van der Waals surface area (Å²) in [6, 6.07) is 15.6. The van der Waals surface area contributed by atoms with Gasteiger partial charge in [0, 0.05) is 22.7 Å². The maximum Gasteiger partial charge on any atom is 0.271 e. The predicted molar refractivity (Wildman–Crippen MR) is 103 cm³/mol. The first kappa shape index (κ1) is 19.1. The molecular weight excluding hydrogens is 386 g/mol. The number of ether oxygens (including phenoxy) is 1. The van der Waals surface area contributed by atoms with E-state index in [1.807, 2.05) is 0 Å². The summed E-state index contributed by atoms with van der Waals surface area (Å²) in [6.45, 7) is 0.139. The Morgan fingerprint density at radius 1 is 1.21 bits per heavy atom. The molecule has 8 nitrogen and oxygen atoms in total. The van der Waals surface area contributed by atoms with Crippen molar-refractivity contribution >= 4 is 29.4 Å². The van der Waals surface area contributed by atoms with Crippen LogP contribution < -0.4 is 10.2 Å². The molecule has 1 N–H and O–H groups in total. The van der Waals surface area contributed by atoms with E-state index in [0.717, 1.165) is 0 Å². The number of non-ortho nitro benzene ring substituents is 1. The van der Waals surface area contributed by atoms with Gasteiger partial charge in [-0.25, -0.2) is 5.43 Å². The van der Waals surface area contributed by atoms with Crippen LogP contribution in [-0.2, 0) is 6.61 Å². The van der Waals surface area contributed by atoms with E-state index in [2.05, 4.69) is 10.5 Å². The van der Waals surface area contributed by atoms with Crippen molar-refractivity contribution in [2.45, 2.75) is 6.61 Å². The molecule has 142 valence electrons. The molecule has 0 radical (unpaired) electrons. The lowest BCUT2D eigenvalue weighted by Crippen LogP contribution is -2.17. The molecule has 1 amide bonds. The van der Waals surface area contributed by atoms with Gasteiger partial charge in [-0.3, -0.25) is 14.9 Å². The van der Waals surface area contributed by atoms with Gasteiger partial charge in [0.25, 0.3) is 11.6 Å². The van der Waals surface area contributed by atoms with Gasteiger partial charge in [-0.1, -0.05) is 17.7 Å². The largest absolute Gasteiger partial charge is 0.486 e. The van der Waals surface area contributed by atoms with Crippen molar-refractivity contribution in [1.82, 2.24) is 5.43 Å². The van der Waals surface area contributed by atoms with Crippen molar-refractivity contribution in [2.24, 2.45) is 5.10 Å². The van der Waals surface area contributed by atoms with Crippen LogP contribution >= 0.6 is 11.6 Å². The van der Waals surface area contributed by atoms with Crippen molar-refractivity contribution in [3.8, 4) is 5.75 Å². The van der Waals surface area contributed by atoms with E-state index < -0.39 is 10.8 Å². The first-order valence-corrected chi connectivity index (χ1v) is 8.44. The van der Waals surface area contributed by atoms with E-state index in [1.165, 1.54) is 36.5 Å². The number of nitro benzene ring substituents is 1. The van der Waals surface area contributed by atoms with E-state index in [4.69, 9.17) is 20.8 Å². The van der Waals surface area contributed by atoms with Crippen molar-refractivity contribution in [1.29, 1.82) is 0 Å². The Bertz CT molecular complexity index is 1010. The topological polar surface area (TPSA) is 107 Å². The van der Waals surface area contributed by atoms with Gasteiger partial charge in [-0.2, -0.15) is 5.10 Å². The molecule has 1 heterocycles. The lowest BCUT2D eigenvalue weighted by atomic mass is 10.2. The number of halogens is 1. The lowest BCUT2D eigenvalue weighted by Gasteiger charge is -2.03. The minimum Gasteiger partial charge on any atom is -0.486 e. The third-order valence-corrected chi connectivity index (χ3v) is 3.79. The molecule has 0 saturated heterocycles. The smallest absolute Gasteiger partial charge is 0.271 e. The number of nitro groups is 1. The Morgan fingerprint density at radius 2 is 2.00 bits per heavy atom. The van der Waals surface area contributed by atoms with Crippen LogP contribution in [0.15, 0.2) is 70.2 Å². The summed E-state index contributed by atoms with van der Waals surface area (Å²) in [5, 5.41) is 14.9. The summed E-state index contributed by atoms with van der Waals surface area (Å²) in [6.07, 6.45) is 1.36. The maximum absolute atomic E-state index is 11.9. The van der Waals surface area contributed by atoms with E-state index in [1.54, 1.807) is 30.3 Å². The van der Waals surface area contributed by atoms with Crippen LogP contribution in [-0.4, -0.2) is 17.0 Å². The number of amides is 1. The van der Waals surface area contributed by atoms with Gasteiger partial charge in [0.2, 0.25) is 0 Å². The molecule has 0 atom stereocenters. The normalized spacial score (nSPS) is 10.8. The van der Waals surface area contributed by atoms with Crippen LogP contribution in [0.2, 0.25) is 5.02 Å². The molecule has 0 unspecified atom stereocenters. The Morgan fingerprint density at radius 3 is 2.71 bits per heavy atom. The number of nitrogens with one attached hydrogen (secondary N) is 1. The van der Waals surface area contributed by atoms with Gasteiger partial charge in [0.05, 0.1) is 11.1 Å². The second-order valence-corrected chi connectivity index (χ2v) is 5.99. The van der Waals surface area contributed by atoms with Gasteiger partial charge in [0.15, 0.2) is 0 Å². The van der Waals surface area contributed by atoms with Crippen LogP contribution in [0.5, 0.6) is 5.75 Å². The zero-order chi connectivity index (χ0) is 19.9. The van der Waals surface area contributed by atoms with Crippen LogP contribution in [0.3, 0.4) is 0 Å². The van der Waals surface area contributed by atoms with E-state index in [0.29, 0.717) is 27.9 Å². The number of hydrogen-bond acceptors (Lipinski definition) is 6. The Labute approximate surface area is 164 Å². The summed E-state index contributed by atoms with van der Waals surface area (Å²) >= 11 is 5.84. The molecule has 1 aromatic heterocycles. The second kappa shape index (κ2) is 8.83. The lowest BCUT2D eigenvalue weighted by molar-refractivity contribution is -0.384. The fourth-order valence-electron chi connectivity index (χ4n) is 2.21.